The maximum absolute atomic E-state index is 12.6. The molecule has 4 rings (SSSR count). The maximum atomic E-state index is 12.6. The third-order valence-electron chi connectivity index (χ3n) is 3.56. The molecule has 0 saturated heterocycles. The molecule has 0 aliphatic heterocycles. The molecule has 4 aromatic heterocycles. The molecule has 1 amide bonds. The monoisotopic (exact) mass is 343 g/mol. The van der Waals surface area contributed by atoms with Gasteiger partial charge in [0.1, 0.15) is 17.2 Å². The molecule has 0 spiro atoms. The third kappa shape index (κ3) is 3.16. The second kappa shape index (κ2) is 6.89. The van der Waals surface area contributed by atoms with Crippen LogP contribution < -0.4 is 5.32 Å². The molecule has 0 aliphatic carbocycles. The minimum Gasteiger partial charge on any atom is -0.305 e. The highest BCUT2D eigenvalue weighted by Gasteiger charge is 2.15. The zero-order valence-corrected chi connectivity index (χ0v) is 13.5. The molecule has 4 aromatic rings. The first-order valence-corrected chi connectivity index (χ1v) is 7.81. The first-order valence-electron chi connectivity index (χ1n) is 7.81. The molecular weight excluding hydrogens is 330 g/mol. The number of rotatable bonds is 4. The quantitative estimate of drug-likeness (QED) is 0.611. The molecule has 26 heavy (non-hydrogen) atoms. The number of anilines is 1. The van der Waals surface area contributed by atoms with Gasteiger partial charge in [0.15, 0.2) is 5.82 Å². The summed E-state index contributed by atoms with van der Waals surface area (Å²) in [6, 6.07) is 12.3. The molecule has 0 saturated carbocycles. The molecule has 0 bridgehead atoms. The van der Waals surface area contributed by atoms with Crippen molar-refractivity contribution in [1.82, 2.24) is 29.7 Å². The van der Waals surface area contributed by atoms with Gasteiger partial charge in [-0.05, 0) is 36.4 Å². The summed E-state index contributed by atoms with van der Waals surface area (Å²) in [7, 11) is 0. The molecule has 8 heteroatoms. The summed E-state index contributed by atoms with van der Waals surface area (Å²) in [6.07, 6.45) is 8.09. The van der Waals surface area contributed by atoms with E-state index in [9.17, 15) is 4.79 Å². The summed E-state index contributed by atoms with van der Waals surface area (Å²) in [5.74, 6) is 0.478. The fourth-order valence-electron chi connectivity index (χ4n) is 2.39. The van der Waals surface area contributed by atoms with Crippen LogP contribution in [0.3, 0.4) is 0 Å². The molecule has 0 aromatic carbocycles. The van der Waals surface area contributed by atoms with Crippen LogP contribution in [-0.4, -0.2) is 35.6 Å². The van der Waals surface area contributed by atoms with Crippen molar-refractivity contribution < 1.29 is 4.79 Å². The topological polar surface area (TPSA) is 98.5 Å². The number of hydrogen-bond acceptors (Lipinski definition) is 6. The average molecular weight is 343 g/mol. The van der Waals surface area contributed by atoms with Gasteiger partial charge in [-0.3, -0.25) is 14.8 Å². The number of nitrogens with one attached hydrogen (secondary N) is 1. The number of aromatic nitrogens is 6. The van der Waals surface area contributed by atoms with E-state index in [1.165, 1.54) is 4.68 Å². The first kappa shape index (κ1) is 15.6. The van der Waals surface area contributed by atoms with Gasteiger partial charge in [0.25, 0.3) is 5.91 Å². The van der Waals surface area contributed by atoms with Crippen LogP contribution >= 0.6 is 0 Å². The lowest BCUT2D eigenvalue weighted by atomic mass is 10.3. The van der Waals surface area contributed by atoms with Crippen molar-refractivity contribution >= 4 is 11.7 Å². The van der Waals surface area contributed by atoms with Crippen LogP contribution in [0, 0.1) is 0 Å². The van der Waals surface area contributed by atoms with E-state index in [4.69, 9.17) is 0 Å². The smallest absolute Gasteiger partial charge is 0.275 e. The highest BCUT2D eigenvalue weighted by Crippen LogP contribution is 2.15. The van der Waals surface area contributed by atoms with Gasteiger partial charge >= 0.3 is 0 Å². The Morgan fingerprint density at radius 2 is 1.88 bits per heavy atom. The van der Waals surface area contributed by atoms with Gasteiger partial charge in [-0.2, -0.15) is 5.10 Å². The summed E-state index contributed by atoms with van der Waals surface area (Å²) in [4.78, 5) is 29.5. The van der Waals surface area contributed by atoms with Crippen molar-refractivity contribution in [3.8, 4) is 17.2 Å². The van der Waals surface area contributed by atoms with Gasteiger partial charge in [-0.25, -0.2) is 14.6 Å². The maximum Gasteiger partial charge on any atom is 0.275 e. The van der Waals surface area contributed by atoms with E-state index in [1.807, 2.05) is 18.2 Å². The molecule has 1 N–H and O–H groups in total. The van der Waals surface area contributed by atoms with Crippen molar-refractivity contribution in [3.63, 3.8) is 0 Å². The standard InChI is InChI=1S/C18H13N7O/c26-18(15-6-11-22-25(15)13-4-3-8-19-12-13)24-16-7-10-21-17(23-16)14-5-1-2-9-20-14/h1-12H,(H,21,23,24,26). The Balaban J connectivity index is 1.60. The highest BCUT2D eigenvalue weighted by molar-refractivity contribution is 6.02. The first-order chi connectivity index (χ1) is 12.8. The lowest BCUT2D eigenvalue weighted by Gasteiger charge is -2.08. The molecule has 8 nitrogen and oxygen atoms in total. The summed E-state index contributed by atoms with van der Waals surface area (Å²) in [5.41, 5.74) is 1.69. The summed E-state index contributed by atoms with van der Waals surface area (Å²) < 4.78 is 1.52. The summed E-state index contributed by atoms with van der Waals surface area (Å²) >= 11 is 0. The van der Waals surface area contributed by atoms with Crippen LogP contribution in [-0.2, 0) is 0 Å². The Hall–Kier alpha value is -3.94. The molecule has 0 fully saturated rings. The van der Waals surface area contributed by atoms with Gasteiger partial charge in [0.05, 0.1) is 18.1 Å². The fourth-order valence-corrected chi connectivity index (χ4v) is 2.39. The molecule has 126 valence electrons. The van der Waals surface area contributed by atoms with Gasteiger partial charge in [0, 0.05) is 18.6 Å². The summed E-state index contributed by atoms with van der Waals surface area (Å²) in [5, 5.41) is 6.95. The van der Waals surface area contributed by atoms with Crippen molar-refractivity contribution in [2.24, 2.45) is 0 Å². The number of pyridine rings is 2. The minimum absolute atomic E-state index is 0.336. The third-order valence-corrected chi connectivity index (χ3v) is 3.56. The predicted molar refractivity (Wildman–Crippen MR) is 94.6 cm³/mol. The van der Waals surface area contributed by atoms with Crippen LogP contribution in [0.4, 0.5) is 5.82 Å². The van der Waals surface area contributed by atoms with E-state index in [1.54, 1.807) is 55.2 Å². The van der Waals surface area contributed by atoms with Crippen molar-refractivity contribution in [2.75, 3.05) is 5.32 Å². The van der Waals surface area contributed by atoms with E-state index in [0.29, 0.717) is 28.7 Å². The number of hydrogen-bond donors (Lipinski definition) is 1. The second-order valence-corrected chi connectivity index (χ2v) is 5.27. The average Bonchev–Trinajstić information content (AvgIpc) is 3.20. The number of carbonyl (C=O) groups excluding carboxylic acids is 1. The van der Waals surface area contributed by atoms with Crippen molar-refractivity contribution in [2.45, 2.75) is 0 Å². The molecule has 0 atom stereocenters. The molecule has 0 unspecified atom stereocenters. The van der Waals surface area contributed by atoms with E-state index in [-0.39, 0.29) is 5.91 Å². The van der Waals surface area contributed by atoms with Gasteiger partial charge in [0.2, 0.25) is 0 Å². The Labute approximate surface area is 148 Å². The normalized spacial score (nSPS) is 10.5. The minimum atomic E-state index is -0.336. The Bertz CT molecular complexity index is 1030. The largest absolute Gasteiger partial charge is 0.305 e. The van der Waals surface area contributed by atoms with E-state index >= 15 is 0 Å². The number of nitrogens with zero attached hydrogens (tertiary/aromatic N) is 6. The lowest BCUT2D eigenvalue weighted by Crippen LogP contribution is -2.18. The second-order valence-electron chi connectivity index (χ2n) is 5.27. The van der Waals surface area contributed by atoms with E-state index < -0.39 is 0 Å². The van der Waals surface area contributed by atoms with Crippen LogP contribution in [0.25, 0.3) is 17.2 Å². The molecule has 0 radical (unpaired) electrons. The van der Waals surface area contributed by atoms with Gasteiger partial charge < -0.3 is 5.32 Å². The van der Waals surface area contributed by atoms with Crippen molar-refractivity contribution in [1.29, 1.82) is 0 Å². The fraction of sp³-hybridized carbons (Fsp3) is 0. The van der Waals surface area contributed by atoms with E-state index in [2.05, 4.69) is 30.4 Å². The van der Waals surface area contributed by atoms with Crippen LogP contribution in [0.15, 0.2) is 73.4 Å². The lowest BCUT2D eigenvalue weighted by molar-refractivity contribution is 0.101. The predicted octanol–water partition coefficient (Wildman–Crippen LogP) is 2.37. The van der Waals surface area contributed by atoms with Gasteiger partial charge in [-0.1, -0.05) is 6.07 Å². The molecule has 4 heterocycles. The Kier molecular flexibility index (Phi) is 4.13. The molecule has 0 aliphatic rings. The SMILES string of the molecule is O=C(Nc1ccnc(-c2ccccn2)n1)c1ccnn1-c1cccnc1. The van der Waals surface area contributed by atoms with Crippen LogP contribution in [0.1, 0.15) is 10.5 Å². The number of amides is 1. The van der Waals surface area contributed by atoms with E-state index in [0.717, 1.165) is 0 Å². The zero-order valence-electron chi connectivity index (χ0n) is 13.5. The van der Waals surface area contributed by atoms with Gasteiger partial charge in [-0.15, -0.1) is 0 Å². The Morgan fingerprint density at radius 1 is 0.923 bits per heavy atom. The molecular formula is C18H13N7O. The number of carbonyl (C=O) groups is 1. The summed E-state index contributed by atoms with van der Waals surface area (Å²) in [6.45, 7) is 0. The van der Waals surface area contributed by atoms with Crippen molar-refractivity contribution in [3.05, 3.63) is 79.1 Å². The highest BCUT2D eigenvalue weighted by atomic mass is 16.2. The zero-order chi connectivity index (χ0) is 17.8. The van der Waals surface area contributed by atoms with Crippen LogP contribution in [0.5, 0.6) is 0 Å². The van der Waals surface area contributed by atoms with Crippen LogP contribution in [0.2, 0.25) is 0 Å². The Morgan fingerprint density at radius 3 is 2.69 bits per heavy atom.